The van der Waals surface area contributed by atoms with E-state index < -0.39 is 17.5 Å². The molecule has 26 heavy (non-hydrogen) atoms. The van der Waals surface area contributed by atoms with Gasteiger partial charge in [0.25, 0.3) is 5.91 Å². The van der Waals surface area contributed by atoms with Gasteiger partial charge in [-0.1, -0.05) is 24.3 Å². The summed E-state index contributed by atoms with van der Waals surface area (Å²) in [4.78, 5) is 20.1. The summed E-state index contributed by atoms with van der Waals surface area (Å²) < 4.78 is 26.8. The second kappa shape index (κ2) is 7.11. The maximum atomic E-state index is 13.8. The van der Waals surface area contributed by atoms with Crippen LogP contribution in [-0.2, 0) is 12.8 Å². The number of amides is 1. The molecule has 1 amide bonds. The van der Waals surface area contributed by atoms with Crippen LogP contribution in [0.25, 0.3) is 0 Å². The van der Waals surface area contributed by atoms with Crippen molar-refractivity contribution in [2.45, 2.75) is 25.3 Å². The third-order valence-electron chi connectivity index (χ3n) is 5.45. The van der Waals surface area contributed by atoms with Crippen LogP contribution in [0.1, 0.15) is 28.0 Å². The number of hydrogen-bond acceptors (Lipinski definition) is 3. The molecule has 0 radical (unpaired) electrons. The van der Waals surface area contributed by atoms with Gasteiger partial charge in [-0.3, -0.25) is 9.69 Å². The van der Waals surface area contributed by atoms with Gasteiger partial charge in [0.05, 0.1) is 6.20 Å². The van der Waals surface area contributed by atoms with E-state index in [1.54, 1.807) is 4.90 Å². The first kappa shape index (κ1) is 17.1. The lowest BCUT2D eigenvalue weighted by molar-refractivity contribution is 0.0543. The summed E-state index contributed by atoms with van der Waals surface area (Å²) in [6, 6.07) is 9.77. The molecule has 0 saturated carbocycles. The standard InChI is InChI=1S/C20H21F2N3O/c21-16-12-18(22)19(23-13-16)20(26)25-9-7-24(8-10-25)17-6-5-14-3-1-2-4-15(14)11-17/h1-4,12-13,17H,5-11H2/t17-/m1/s1. The highest BCUT2D eigenvalue weighted by molar-refractivity contribution is 5.92. The van der Waals surface area contributed by atoms with Crippen LogP contribution in [0.15, 0.2) is 36.5 Å². The highest BCUT2D eigenvalue weighted by Crippen LogP contribution is 2.25. The molecule has 1 fully saturated rings. The van der Waals surface area contributed by atoms with E-state index in [1.807, 2.05) is 0 Å². The van der Waals surface area contributed by atoms with Crippen LogP contribution in [0.3, 0.4) is 0 Å². The molecule has 1 aliphatic heterocycles. The van der Waals surface area contributed by atoms with Gasteiger partial charge in [0, 0.05) is 38.3 Å². The van der Waals surface area contributed by atoms with Crippen molar-refractivity contribution in [1.82, 2.24) is 14.8 Å². The number of piperazine rings is 1. The normalized spacial score (nSPS) is 20.7. The van der Waals surface area contributed by atoms with E-state index in [4.69, 9.17) is 0 Å². The first-order chi connectivity index (χ1) is 12.6. The fourth-order valence-electron chi connectivity index (χ4n) is 4.00. The van der Waals surface area contributed by atoms with Crippen LogP contribution in [0.2, 0.25) is 0 Å². The number of fused-ring (bicyclic) bond motifs is 1. The molecule has 136 valence electrons. The Morgan fingerprint density at radius 1 is 1.08 bits per heavy atom. The lowest BCUT2D eigenvalue weighted by Crippen LogP contribution is -2.53. The smallest absolute Gasteiger partial charge is 0.275 e. The van der Waals surface area contributed by atoms with Crippen LogP contribution in [0.4, 0.5) is 8.78 Å². The quantitative estimate of drug-likeness (QED) is 0.829. The Balaban J connectivity index is 1.38. The molecule has 1 saturated heterocycles. The summed E-state index contributed by atoms with van der Waals surface area (Å²) in [5.74, 6) is -2.14. The van der Waals surface area contributed by atoms with Crippen molar-refractivity contribution < 1.29 is 13.6 Å². The van der Waals surface area contributed by atoms with Crippen molar-refractivity contribution in [3.63, 3.8) is 0 Å². The Labute approximate surface area is 151 Å². The maximum Gasteiger partial charge on any atom is 0.275 e. The van der Waals surface area contributed by atoms with Crippen molar-refractivity contribution in [2.24, 2.45) is 0 Å². The first-order valence-corrected chi connectivity index (χ1v) is 9.03. The third kappa shape index (κ3) is 3.33. The molecule has 4 nitrogen and oxygen atoms in total. The van der Waals surface area contributed by atoms with E-state index in [9.17, 15) is 13.6 Å². The van der Waals surface area contributed by atoms with Gasteiger partial charge in [0.1, 0.15) is 5.82 Å². The molecule has 4 rings (SSSR count). The molecule has 2 aliphatic rings. The molecule has 1 aromatic heterocycles. The number of aromatic nitrogens is 1. The summed E-state index contributed by atoms with van der Waals surface area (Å²) in [6.07, 6.45) is 4.13. The number of aryl methyl sites for hydroxylation is 1. The van der Waals surface area contributed by atoms with Crippen LogP contribution < -0.4 is 0 Å². The molecule has 1 atom stereocenters. The average molecular weight is 357 g/mol. The third-order valence-corrected chi connectivity index (χ3v) is 5.45. The number of benzene rings is 1. The Bertz CT molecular complexity index is 818. The second-order valence-electron chi connectivity index (χ2n) is 6.98. The zero-order chi connectivity index (χ0) is 18.1. The summed E-state index contributed by atoms with van der Waals surface area (Å²) in [6.45, 7) is 2.60. The minimum atomic E-state index is -0.902. The fraction of sp³-hybridized carbons (Fsp3) is 0.400. The van der Waals surface area contributed by atoms with Gasteiger partial charge in [-0.25, -0.2) is 13.8 Å². The Kier molecular flexibility index (Phi) is 4.68. The Morgan fingerprint density at radius 2 is 1.81 bits per heavy atom. The maximum absolute atomic E-state index is 13.8. The van der Waals surface area contributed by atoms with E-state index in [2.05, 4.69) is 34.1 Å². The molecular weight excluding hydrogens is 336 g/mol. The molecule has 0 unspecified atom stereocenters. The summed E-state index contributed by atoms with van der Waals surface area (Å²) >= 11 is 0. The minimum Gasteiger partial charge on any atom is -0.335 e. The van der Waals surface area contributed by atoms with Crippen molar-refractivity contribution in [3.8, 4) is 0 Å². The van der Waals surface area contributed by atoms with E-state index in [-0.39, 0.29) is 5.69 Å². The SMILES string of the molecule is O=C(c1ncc(F)cc1F)N1CCN([C@@H]2CCc3ccccc3C2)CC1. The van der Waals surface area contributed by atoms with Crippen LogP contribution >= 0.6 is 0 Å². The van der Waals surface area contributed by atoms with Crippen molar-refractivity contribution in [2.75, 3.05) is 26.2 Å². The molecule has 2 aromatic rings. The van der Waals surface area contributed by atoms with Crippen LogP contribution in [-0.4, -0.2) is 52.9 Å². The van der Waals surface area contributed by atoms with E-state index in [1.165, 1.54) is 11.1 Å². The highest BCUT2D eigenvalue weighted by Gasteiger charge is 2.30. The number of rotatable bonds is 2. The van der Waals surface area contributed by atoms with Crippen molar-refractivity contribution >= 4 is 5.91 Å². The molecule has 0 N–H and O–H groups in total. The molecule has 1 aromatic carbocycles. The lowest BCUT2D eigenvalue weighted by atomic mass is 9.87. The largest absolute Gasteiger partial charge is 0.335 e. The fourth-order valence-corrected chi connectivity index (χ4v) is 4.00. The van der Waals surface area contributed by atoms with E-state index >= 15 is 0 Å². The number of carbonyl (C=O) groups excluding carboxylic acids is 1. The number of halogens is 2. The van der Waals surface area contributed by atoms with Crippen molar-refractivity contribution in [1.29, 1.82) is 0 Å². The Morgan fingerprint density at radius 3 is 2.54 bits per heavy atom. The molecule has 6 heteroatoms. The zero-order valence-corrected chi connectivity index (χ0v) is 14.5. The van der Waals surface area contributed by atoms with E-state index in [0.29, 0.717) is 25.2 Å². The summed E-state index contributed by atoms with van der Waals surface area (Å²) in [5.41, 5.74) is 2.56. The predicted molar refractivity (Wildman–Crippen MR) is 93.9 cm³/mol. The summed E-state index contributed by atoms with van der Waals surface area (Å²) in [5, 5.41) is 0. The predicted octanol–water partition coefficient (Wildman–Crippen LogP) is 2.68. The molecule has 0 bridgehead atoms. The number of nitrogens with zero attached hydrogens (tertiary/aromatic N) is 3. The highest BCUT2D eigenvalue weighted by atomic mass is 19.1. The second-order valence-corrected chi connectivity index (χ2v) is 6.98. The van der Waals surface area contributed by atoms with Gasteiger partial charge in [0.15, 0.2) is 11.5 Å². The van der Waals surface area contributed by atoms with Gasteiger partial charge in [0.2, 0.25) is 0 Å². The number of carbonyl (C=O) groups is 1. The minimum absolute atomic E-state index is 0.300. The average Bonchev–Trinajstić information content (AvgIpc) is 2.67. The Hall–Kier alpha value is -2.34. The van der Waals surface area contributed by atoms with Gasteiger partial charge < -0.3 is 4.90 Å². The van der Waals surface area contributed by atoms with Gasteiger partial charge in [-0.2, -0.15) is 0 Å². The monoisotopic (exact) mass is 357 g/mol. The number of pyridine rings is 1. The van der Waals surface area contributed by atoms with Gasteiger partial charge in [-0.05, 0) is 30.4 Å². The molecule has 0 spiro atoms. The summed E-state index contributed by atoms with van der Waals surface area (Å²) in [7, 11) is 0. The van der Waals surface area contributed by atoms with Crippen LogP contribution in [0.5, 0.6) is 0 Å². The lowest BCUT2D eigenvalue weighted by Gasteiger charge is -2.41. The van der Waals surface area contributed by atoms with Gasteiger partial charge in [-0.15, -0.1) is 0 Å². The topological polar surface area (TPSA) is 36.4 Å². The molecule has 1 aliphatic carbocycles. The zero-order valence-electron chi connectivity index (χ0n) is 14.5. The van der Waals surface area contributed by atoms with Crippen molar-refractivity contribution in [3.05, 3.63) is 65.0 Å². The first-order valence-electron chi connectivity index (χ1n) is 9.03. The van der Waals surface area contributed by atoms with Crippen LogP contribution in [0, 0.1) is 11.6 Å². The number of hydrogen-bond donors (Lipinski definition) is 0. The molecular formula is C20H21F2N3O. The molecule has 2 heterocycles. The van der Waals surface area contributed by atoms with Gasteiger partial charge >= 0.3 is 0 Å². The van der Waals surface area contributed by atoms with E-state index in [0.717, 1.165) is 38.5 Å².